The smallest absolute Gasteiger partial charge is 0.141 e. The van der Waals surface area contributed by atoms with Crippen LogP contribution in [0.3, 0.4) is 0 Å². The molecular formula is C15H14FNO2S. The summed E-state index contributed by atoms with van der Waals surface area (Å²) in [5.74, 6) is 0.685. The van der Waals surface area contributed by atoms with Crippen molar-refractivity contribution in [1.29, 1.82) is 0 Å². The Labute approximate surface area is 119 Å². The third-order valence-electron chi connectivity index (χ3n) is 3.35. The highest BCUT2D eigenvalue weighted by Crippen LogP contribution is 2.34. The molecule has 1 aliphatic heterocycles. The number of rotatable bonds is 3. The quantitative estimate of drug-likeness (QED) is 0.885. The molecule has 2 aromatic rings. The maximum absolute atomic E-state index is 13.8. The van der Waals surface area contributed by atoms with E-state index in [9.17, 15) is 8.60 Å². The highest BCUT2D eigenvalue weighted by Gasteiger charge is 2.26. The molecule has 2 N–H and O–H groups in total. The van der Waals surface area contributed by atoms with Gasteiger partial charge in [0.15, 0.2) is 0 Å². The topological polar surface area (TPSA) is 52.3 Å². The van der Waals surface area contributed by atoms with Crippen molar-refractivity contribution in [3.05, 3.63) is 53.8 Å². The SMILES string of the molecule is Nc1ccc(S(=O)CC2COc3ccccc32)c(F)c1. The second-order valence-corrected chi connectivity index (χ2v) is 6.21. The number of halogens is 1. The fourth-order valence-corrected chi connectivity index (χ4v) is 3.66. The molecule has 2 atom stereocenters. The molecule has 5 heteroatoms. The molecule has 1 aliphatic rings. The molecule has 0 amide bonds. The first-order valence-corrected chi connectivity index (χ1v) is 7.62. The lowest BCUT2D eigenvalue weighted by molar-refractivity contribution is 0.338. The molecule has 0 radical (unpaired) electrons. The van der Waals surface area contributed by atoms with E-state index in [1.807, 2.05) is 24.3 Å². The van der Waals surface area contributed by atoms with E-state index in [2.05, 4.69) is 0 Å². The van der Waals surface area contributed by atoms with Crippen LogP contribution in [0.2, 0.25) is 0 Å². The van der Waals surface area contributed by atoms with Crippen molar-refractivity contribution < 1.29 is 13.3 Å². The minimum Gasteiger partial charge on any atom is -0.493 e. The van der Waals surface area contributed by atoms with Gasteiger partial charge in [0.25, 0.3) is 0 Å². The van der Waals surface area contributed by atoms with E-state index < -0.39 is 16.6 Å². The van der Waals surface area contributed by atoms with Crippen LogP contribution < -0.4 is 10.5 Å². The van der Waals surface area contributed by atoms with E-state index in [1.54, 1.807) is 6.07 Å². The second-order valence-electron chi connectivity index (χ2n) is 4.75. The van der Waals surface area contributed by atoms with Crippen LogP contribution in [0.4, 0.5) is 10.1 Å². The molecule has 2 unspecified atom stereocenters. The molecule has 0 aliphatic carbocycles. The lowest BCUT2D eigenvalue weighted by atomic mass is 10.0. The summed E-state index contributed by atoms with van der Waals surface area (Å²) >= 11 is 0. The highest BCUT2D eigenvalue weighted by atomic mass is 32.2. The molecule has 3 rings (SSSR count). The van der Waals surface area contributed by atoms with Crippen LogP contribution in [-0.4, -0.2) is 16.6 Å². The maximum Gasteiger partial charge on any atom is 0.141 e. The zero-order valence-corrected chi connectivity index (χ0v) is 11.5. The first kappa shape index (κ1) is 13.1. The van der Waals surface area contributed by atoms with Gasteiger partial charge in [0.05, 0.1) is 22.3 Å². The molecule has 0 bridgehead atoms. The van der Waals surface area contributed by atoms with Crippen molar-refractivity contribution in [1.82, 2.24) is 0 Å². The molecule has 0 saturated carbocycles. The molecule has 2 aromatic carbocycles. The zero-order valence-electron chi connectivity index (χ0n) is 10.7. The predicted octanol–water partition coefficient (Wildman–Crippen LogP) is 2.69. The van der Waals surface area contributed by atoms with Gasteiger partial charge in [0.2, 0.25) is 0 Å². The first-order chi connectivity index (χ1) is 9.65. The number of nitrogens with two attached hydrogens (primary N) is 1. The van der Waals surface area contributed by atoms with Crippen molar-refractivity contribution >= 4 is 16.5 Å². The van der Waals surface area contributed by atoms with Gasteiger partial charge in [-0.2, -0.15) is 0 Å². The Balaban J connectivity index is 1.81. The number of hydrogen-bond donors (Lipinski definition) is 1. The Kier molecular flexibility index (Phi) is 3.44. The van der Waals surface area contributed by atoms with Crippen molar-refractivity contribution in [3.8, 4) is 5.75 Å². The highest BCUT2D eigenvalue weighted by molar-refractivity contribution is 7.85. The standard InChI is InChI=1S/C15H14FNO2S/c16-13-7-11(17)5-6-15(13)20(18)9-10-8-19-14-4-2-1-3-12(10)14/h1-7,10H,8-9,17H2. The van der Waals surface area contributed by atoms with E-state index in [4.69, 9.17) is 10.5 Å². The zero-order chi connectivity index (χ0) is 14.1. The number of benzene rings is 2. The van der Waals surface area contributed by atoms with Crippen LogP contribution in [0.15, 0.2) is 47.4 Å². The summed E-state index contributed by atoms with van der Waals surface area (Å²) in [5, 5.41) is 0. The summed E-state index contributed by atoms with van der Waals surface area (Å²) in [5.41, 5.74) is 6.87. The Bertz CT molecular complexity index is 675. The molecule has 0 saturated heterocycles. The number of para-hydroxylation sites is 1. The minimum absolute atomic E-state index is 0.0315. The summed E-state index contributed by atoms with van der Waals surface area (Å²) in [4.78, 5) is 0.198. The van der Waals surface area contributed by atoms with Crippen LogP contribution in [0.1, 0.15) is 11.5 Å². The van der Waals surface area contributed by atoms with Gasteiger partial charge in [-0.15, -0.1) is 0 Å². The van der Waals surface area contributed by atoms with Crippen molar-refractivity contribution in [3.63, 3.8) is 0 Å². The first-order valence-electron chi connectivity index (χ1n) is 6.30. The van der Waals surface area contributed by atoms with Gasteiger partial charge >= 0.3 is 0 Å². The van der Waals surface area contributed by atoms with Crippen LogP contribution in [0.25, 0.3) is 0 Å². The number of hydrogen-bond acceptors (Lipinski definition) is 3. The van der Waals surface area contributed by atoms with Gasteiger partial charge in [-0.05, 0) is 24.3 Å². The lowest BCUT2D eigenvalue weighted by Crippen LogP contribution is -2.12. The van der Waals surface area contributed by atoms with E-state index in [1.165, 1.54) is 12.1 Å². The molecule has 1 heterocycles. The Hall–Kier alpha value is -1.88. The number of fused-ring (bicyclic) bond motifs is 1. The van der Waals surface area contributed by atoms with Crippen molar-refractivity contribution in [2.45, 2.75) is 10.8 Å². The van der Waals surface area contributed by atoms with Gasteiger partial charge < -0.3 is 10.5 Å². The summed E-state index contributed by atoms with van der Waals surface area (Å²) in [6.07, 6.45) is 0. The van der Waals surface area contributed by atoms with E-state index >= 15 is 0 Å². The lowest BCUT2D eigenvalue weighted by Gasteiger charge is -2.09. The van der Waals surface area contributed by atoms with E-state index in [-0.39, 0.29) is 10.8 Å². The third-order valence-corrected chi connectivity index (χ3v) is 4.88. The second kappa shape index (κ2) is 5.25. The average molecular weight is 291 g/mol. The van der Waals surface area contributed by atoms with Crippen LogP contribution in [-0.2, 0) is 10.8 Å². The van der Waals surface area contributed by atoms with Crippen molar-refractivity contribution in [2.24, 2.45) is 0 Å². The van der Waals surface area contributed by atoms with Gasteiger partial charge in [-0.25, -0.2) is 4.39 Å². The third kappa shape index (κ3) is 2.41. The number of anilines is 1. The number of nitrogen functional groups attached to an aromatic ring is 1. The molecule has 3 nitrogen and oxygen atoms in total. The summed E-state index contributed by atoms with van der Waals surface area (Å²) < 4.78 is 31.6. The molecule has 0 fully saturated rings. The predicted molar refractivity (Wildman–Crippen MR) is 76.8 cm³/mol. The molecule has 104 valence electrons. The van der Waals surface area contributed by atoms with Crippen LogP contribution >= 0.6 is 0 Å². The van der Waals surface area contributed by atoms with Gasteiger partial charge in [-0.1, -0.05) is 18.2 Å². The molecule has 0 aromatic heterocycles. The normalized spacial score (nSPS) is 18.4. The monoisotopic (exact) mass is 291 g/mol. The Morgan fingerprint density at radius 2 is 2.10 bits per heavy atom. The Morgan fingerprint density at radius 3 is 2.90 bits per heavy atom. The largest absolute Gasteiger partial charge is 0.493 e. The fourth-order valence-electron chi connectivity index (χ4n) is 2.34. The summed E-state index contributed by atoms with van der Waals surface area (Å²) in [7, 11) is -1.41. The fraction of sp³-hybridized carbons (Fsp3) is 0.200. The maximum atomic E-state index is 13.8. The van der Waals surface area contributed by atoms with Crippen LogP contribution in [0, 0.1) is 5.82 Å². The van der Waals surface area contributed by atoms with Crippen LogP contribution in [0.5, 0.6) is 5.75 Å². The molecule has 20 heavy (non-hydrogen) atoms. The summed E-state index contributed by atoms with van der Waals surface area (Å²) in [6, 6.07) is 11.9. The minimum atomic E-state index is -1.41. The van der Waals surface area contributed by atoms with Gasteiger partial charge in [0, 0.05) is 22.9 Å². The Morgan fingerprint density at radius 1 is 1.30 bits per heavy atom. The summed E-state index contributed by atoms with van der Waals surface area (Å²) in [6.45, 7) is 0.488. The van der Waals surface area contributed by atoms with Crippen molar-refractivity contribution in [2.75, 3.05) is 18.1 Å². The van der Waals surface area contributed by atoms with Gasteiger partial charge in [-0.3, -0.25) is 4.21 Å². The molecule has 0 spiro atoms. The molecular weight excluding hydrogens is 277 g/mol. The van der Waals surface area contributed by atoms with E-state index in [0.717, 1.165) is 11.3 Å². The van der Waals surface area contributed by atoms with Gasteiger partial charge in [0.1, 0.15) is 11.6 Å². The van der Waals surface area contributed by atoms with E-state index in [0.29, 0.717) is 18.0 Å². The average Bonchev–Trinajstić information content (AvgIpc) is 2.82. The number of ether oxygens (including phenoxy) is 1.